The summed E-state index contributed by atoms with van der Waals surface area (Å²) in [5, 5.41) is 9.03. The van der Waals surface area contributed by atoms with Crippen molar-refractivity contribution >= 4 is 11.6 Å². The second-order valence-electron chi connectivity index (χ2n) is 4.29. The summed E-state index contributed by atoms with van der Waals surface area (Å²) in [4.78, 5) is 15.2. The largest absolute Gasteiger partial charge is 0.367 e. The van der Waals surface area contributed by atoms with Crippen molar-refractivity contribution < 1.29 is 9.18 Å². The zero-order valence-corrected chi connectivity index (χ0v) is 10.5. The third kappa shape index (κ3) is 2.74. The van der Waals surface area contributed by atoms with Crippen LogP contribution >= 0.6 is 0 Å². The van der Waals surface area contributed by atoms with Crippen molar-refractivity contribution in [3.8, 4) is 6.07 Å². The molecule has 1 aromatic carbocycles. The lowest BCUT2D eigenvalue weighted by Crippen LogP contribution is -2.48. The van der Waals surface area contributed by atoms with Crippen molar-refractivity contribution in [2.75, 3.05) is 31.1 Å². The normalized spacial score (nSPS) is 14.9. The number of carbonyl (C=O) groups is 1. The van der Waals surface area contributed by atoms with E-state index in [1.807, 2.05) is 11.0 Å². The van der Waals surface area contributed by atoms with Crippen LogP contribution in [-0.2, 0) is 4.79 Å². The van der Waals surface area contributed by atoms with Crippen molar-refractivity contribution in [2.24, 2.45) is 0 Å². The highest BCUT2D eigenvalue weighted by Crippen LogP contribution is 2.22. The fourth-order valence-corrected chi connectivity index (χ4v) is 2.17. The molecule has 1 heterocycles. The molecule has 2 rings (SSSR count). The lowest BCUT2D eigenvalue weighted by molar-refractivity contribution is -0.126. The molecular weight excluding hydrogens is 245 g/mol. The summed E-state index contributed by atoms with van der Waals surface area (Å²) in [7, 11) is 0. The van der Waals surface area contributed by atoms with Gasteiger partial charge in [-0.05, 0) is 24.3 Å². The van der Waals surface area contributed by atoms with Gasteiger partial charge in [0.1, 0.15) is 11.9 Å². The van der Waals surface area contributed by atoms with E-state index in [4.69, 9.17) is 5.26 Å². The van der Waals surface area contributed by atoms with Crippen LogP contribution in [0.5, 0.6) is 0 Å². The number of hydrogen-bond acceptors (Lipinski definition) is 3. The van der Waals surface area contributed by atoms with Crippen molar-refractivity contribution in [3.05, 3.63) is 42.2 Å². The topological polar surface area (TPSA) is 47.3 Å². The Bertz CT molecular complexity index is 542. The first-order valence-corrected chi connectivity index (χ1v) is 6.01. The van der Waals surface area contributed by atoms with Crippen LogP contribution in [0.2, 0.25) is 0 Å². The van der Waals surface area contributed by atoms with Gasteiger partial charge in [0.15, 0.2) is 0 Å². The Morgan fingerprint density at radius 2 is 2.05 bits per heavy atom. The van der Waals surface area contributed by atoms with Crippen molar-refractivity contribution in [3.63, 3.8) is 0 Å². The van der Waals surface area contributed by atoms with Gasteiger partial charge in [-0.2, -0.15) is 5.26 Å². The molecule has 0 N–H and O–H groups in total. The van der Waals surface area contributed by atoms with Crippen molar-refractivity contribution in [1.29, 1.82) is 5.26 Å². The third-order valence-electron chi connectivity index (χ3n) is 3.19. The van der Waals surface area contributed by atoms with E-state index in [1.165, 1.54) is 18.2 Å². The number of benzene rings is 1. The fraction of sp³-hybridized carbons (Fsp3) is 0.286. The molecule has 1 fully saturated rings. The summed E-state index contributed by atoms with van der Waals surface area (Å²) in [6, 6.07) is 6.19. The zero-order valence-electron chi connectivity index (χ0n) is 10.5. The van der Waals surface area contributed by atoms with Gasteiger partial charge in [-0.25, -0.2) is 4.39 Å². The summed E-state index contributed by atoms with van der Waals surface area (Å²) in [5.74, 6) is -0.500. The molecule has 0 saturated carbocycles. The van der Waals surface area contributed by atoms with E-state index in [2.05, 4.69) is 6.58 Å². The molecule has 5 heteroatoms. The average Bonchev–Trinajstić information content (AvgIpc) is 2.46. The minimum atomic E-state index is -0.416. The van der Waals surface area contributed by atoms with Gasteiger partial charge in [0.05, 0.1) is 11.3 Å². The average molecular weight is 259 g/mol. The third-order valence-corrected chi connectivity index (χ3v) is 3.19. The Balaban J connectivity index is 2.12. The van der Waals surface area contributed by atoms with E-state index in [0.29, 0.717) is 31.7 Å². The molecule has 1 aliphatic heterocycles. The van der Waals surface area contributed by atoms with Gasteiger partial charge in [0, 0.05) is 26.2 Å². The standard InChI is InChI=1S/C14H14FN3O/c1-2-14(19)18-7-5-17(6-8-18)13-4-3-12(15)9-11(13)10-16/h2-4,9H,1,5-8H2. The van der Waals surface area contributed by atoms with Gasteiger partial charge in [-0.15, -0.1) is 0 Å². The highest BCUT2D eigenvalue weighted by molar-refractivity contribution is 5.87. The number of nitriles is 1. The van der Waals surface area contributed by atoms with Crippen LogP contribution < -0.4 is 4.90 Å². The first-order chi connectivity index (χ1) is 9.15. The Hall–Kier alpha value is -2.35. The number of piperazine rings is 1. The molecule has 0 spiro atoms. The predicted molar refractivity (Wildman–Crippen MR) is 70.1 cm³/mol. The molecule has 1 aliphatic rings. The van der Waals surface area contributed by atoms with Gasteiger partial charge in [0.2, 0.25) is 5.91 Å². The van der Waals surface area contributed by atoms with Crippen LogP contribution in [0.1, 0.15) is 5.56 Å². The molecule has 19 heavy (non-hydrogen) atoms. The maximum absolute atomic E-state index is 13.1. The molecule has 4 nitrogen and oxygen atoms in total. The van der Waals surface area contributed by atoms with Crippen molar-refractivity contribution in [2.45, 2.75) is 0 Å². The molecule has 1 saturated heterocycles. The van der Waals surface area contributed by atoms with Gasteiger partial charge in [-0.1, -0.05) is 6.58 Å². The Kier molecular flexibility index (Phi) is 3.81. The monoisotopic (exact) mass is 259 g/mol. The van der Waals surface area contributed by atoms with E-state index in [-0.39, 0.29) is 5.91 Å². The quantitative estimate of drug-likeness (QED) is 0.757. The Morgan fingerprint density at radius 3 is 2.63 bits per heavy atom. The predicted octanol–water partition coefficient (Wildman–Crippen LogP) is 1.53. The highest BCUT2D eigenvalue weighted by atomic mass is 19.1. The molecular formula is C14H14FN3O. The summed E-state index contributed by atoms with van der Waals surface area (Å²) in [5.41, 5.74) is 1.04. The number of hydrogen-bond donors (Lipinski definition) is 0. The van der Waals surface area contributed by atoms with Crippen molar-refractivity contribution in [1.82, 2.24) is 4.90 Å². The zero-order chi connectivity index (χ0) is 13.8. The minimum absolute atomic E-state index is 0.0840. The molecule has 0 bridgehead atoms. The maximum Gasteiger partial charge on any atom is 0.246 e. The fourth-order valence-electron chi connectivity index (χ4n) is 2.17. The summed E-state index contributed by atoms with van der Waals surface area (Å²) in [6.07, 6.45) is 1.30. The number of rotatable bonds is 2. The van der Waals surface area contributed by atoms with Crippen LogP contribution in [-0.4, -0.2) is 37.0 Å². The molecule has 0 aromatic heterocycles. The second kappa shape index (κ2) is 5.53. The van der Waals surface area contributed by atoms with Gasteiger partial charge in [-0.3, -0.25) is 4.79 Å². The summed E-state index contributed by atoms with van der Waals surface area (Å²) in [6.45, 7) is 5.86. The molecule has 0 radical (unpaired) electrons. The van der Waals surface area contributed by atoms with E-state index in [9.17, 15) is 9.18 Å². The molecule has 0 aliphatic carbocycles. The van der Waals surface area contributed by atoms with Gasteiger partial charge >= 0.3 is 0 Å². The molecule has 1 aromatic rings. The van der Waals surface area contributed by atoms with Crippen LogP contribution in [0, 0.1) is 17.1 Å². The summed E-state index contributed by atoms with van der Waals surface area (Å²) < 4.78 is 13.1. The van der Waals surface area contributed by atoms with Crippen LogP contribution in [0.15, 0.2) is 30.9 Å². The molecule has 0 unspecified atom stereocenters. The number of nitrogens with zero attached hydrogens (tertiary/aromatic N) is 3. The smallest absolute Gasteiger partial charge is 0.246 e. The number of anilines is 1. The Morgan fingerprint density at radius 1 is 1.37 bits per heavy atom. The number of halogens is 1. The maximum atomic E-state index is 13.1. The van der Waals surface area contributed by atoms with Crippen LogP contribution in [0.25, 0.3) is 0 Å². The lowest BCUT2D eigenvalue weighted by Gasteiger charge is -2.36. The first-order valence-electron chi connectivity index (χ1n) is 6.01. The highest BCUT2D eigenvalue weighted by Gasteiger charge is 2.21. The van der Waals surface area contributed by atoms with E-state index >= 15 is 0 Å². The first kappa shape index (κ1) is 13.1. The van der Waals surface area contributed by atoms with E-state index in [0.717, 1.165) is 5.69 Å². The molecule has 0 atom stereocenters. The van der Waals surface area contributed by atoms with Crippen LogP contribution in [0.3, 0.4) is 0 Å². The minimum Gasteiger partial charge on any atom is -0.367 e. The lowest BCUT2D eigenvalue weighted by atomic mass is 10.1. The van der Waals surface area contributed by atoms with E-state index in [1.54, 1.807) is 11.0 Å². The van der Waals surface area contributed by atoms with Gasteiger partial charge in [0.25, 0.3) is 0 Å². The number of amides is 1. The Labute approximate surface area is 111 Å². The van der Waals surface area contributed by atoms with Gasteiger partial charge < -0.3 is 9.80 Å². The van der Waals surface area contributed by atoms with E-state index < -0.39 is 5.82 Å². The number of carbonyl (C=O) groups excluding carboxylic acids is 1. The SMILES string of the molecule is C=CC(=O)N1CCN(c2ccc(F)cc2C#N)CC1. The molecule has 1 amide bonds. The van der Waals surface area contributed by atoms with Crippen LogP contribution in [0.4, 0.5) is 10.1 Å². The second-order valence-corrected chi connectivity index (χ2v) is 4.29. The summed E-state index contributed by atoms with van der Waals surface area (Å²) >= 11 is 0. The molecule has 98 valence electrons.